The molecule has 0 unspecified atom stereocenters. The molecule has 0 aliphatic carbocycles. The Morgan fingerprint density at radius 2 is 1.79 bits per heavy atom. The van der Waals surface area contributed by atoms with E-state index in [0.717, 1.165) is 16.8 Å². The Hall–Kier alpha value is -4.33. The molecule has 1 spiro atoms. The van der Waals surface area contributed by atoms with E-state index in [2.05, 4.69) is 41.1 Å². The summed E-state index contributed by atoms with van der Waals surface area (Å²) < 4.78 is 6.40. The number of likely N-dealkylation sites (tertiary alicyclic amines) is 1. The minimum Gasteiger partial charge on any atom is -0.484 e. The second-order valence-corrected chi connectivity index (χ2v) is 10.4. The number of amidine groups is 1. The molecule has 0 atom stereocenters. The minimum absolute atomic E-state index is 0.0776. The molecule has 1 fully saturated rings. The molecule has 8 nitrogen and oxygen atoms in total. The number of rotatable bonds is 5. The second-order valence-electron chi connectivity index (χ2n) is 10.4. The van der Waals surface area contributed by atoms with Gasteiger partial charge in [0, 0.05) is 49.8 Å². The van der Waals surface area contributed by atoms with Gasteiger partial charge in [0.15, 0.2) is 11.6 Å². The number of pyridine rings is 1. The Morgan fingerprint density at radius 3 is 2.46 bits per heavy atom. The molecule has 39 heavy (non-hydrogen) atoms. The van der Waals surface area contributed by atoms with E-state index in [1.165, 1.54) is 0 Å². The lowest BCUT2D eigenvalue weighted by Crippen LogP contribution is -2.52. The van der Waals surface area contributed by atoms with E-state index >= 15 is 0 Å². The molecule has 200 valence electrons. The molecule has 5 rings (SSSR count). The summed E-state index contributed by atoms with van der Waals surface area (Å²) in [7, 11) is 1.69. The van der Waals surface area contributed by atoms with Gasteiger partial charge < -0.3 is 15.1 Å². The predicted molar refractivity (Wildman–Crippen MR) is 153 cm³/mol. The summed E-state index contributed by atoms with van der Waals surface area (Å²) in [4.78, 5) is 37.2. The highest BCUT2D eigenvalue weighted by Gasteiger charge is 2.44. The molecule has 2 aliphatic heterocycles. The zero-order valence-electron chi connectivity index (χ0n) is 22.6. The Morgan fingerprint density at radius 1 is 1.08 bits per heavy atom. The molecule has 1 saturated heterocycles. The minimum atomic E-state index is -0.613. The quantitative estimate of drug-likeness (QED) is 0.285. The molecule has 1 amide bonds. The summed E-state index contributed by atoms with van der Waals surface area (Å²) in [6, 6.07) is 17.4. The van der Waals surface area contributed by atoms with Crippen molar-refractivity contribution in [1.29, 1.82) is 0 Å². The maximum atomic E-state index is 13.7. The van der Waals surface area contributed by atoms with Crippen molar-refractivity contribution < 1.29 is 14.3 Å². The highest BCUT2D eigenvalue weighted by molar-refractivity contribution is 6.05. The molecule has 2 aliphatic rings. The molecule has 0 radical (unpaired) electrons. The number of carbonyl (C=O) groups excluding carboxylic acids is 2. The fourth-order valence-electron chi connectivity index (χ4n) is 5.28. The SMILES string of the molecule is C=N/C(=N\NC)c1cc(C(=O)N2CCC3(CC2)CC(=O)c2cc(C(C)C)ncc2O3)cc(-c2ccccc2)c1. The van der Waals surface area contributed by atoms with Crippen LogP contribution < -0.4 is 10.2 Å². The van der Waals surface area contributed by atoms with Gasteiger partial charge in [0.1, 0.15) is 11.4 Å². The van der Waals surface area contributed by atoms with Gasteiger partial charge in [0.25, 0.3) is 5.91 Å². The normalized spacial score (nSPS) is 16.6. The van der Waals surface area contributed by atoms with Crippen molar-refractivity contribution in [3.8, 4) is 16.9 Å². The number of Topliss-reactive ketones (excluding diaryl/α,β-unsaturated/α-hetero) is 1. The topological polar surface area (TPSA) is 96.2 Å². The summed E-state index contributed by atoms with van der Waals surface area (Å²) >= 11 is 0. The second kappa shape index (κ2) is 10.8. The number of hydrogen-bond acceptors (Lipinski definition) is 6. The highest BCUT2D eigenvalue weighted by Crippen LogP contribution is 2.40. The lowest BCUT2D eigenvalue weighted by atomic mass is 9.82. The number of hydrazone groups is 1. The molecule has 3 heterocycles. The smallest absolute Gasteiger partial charge is 0.253 e. The average molecular weight is 524 g/mol. The molecular formula is C31H33N5O3. The molecular weight excluding hydrogens is 490 g/mol. The van der Waals surface area contributed by atoms with Gasteiger partial charge in [-0.3, -0.25) is 14.6 Å². The Bertz CT molecular complexity index is 1440. The molecule has 2 aromatic carbocycles. The van der Waals surface area contributed by atoms with Gasteiger partial charge in [0.05, 0.1) is 18.2 Å². The van der Waals surface area contributed by atoms with Gasteiger partial charge in [-0.2, -0.15) is 5.10 Å². The van der Waals surface area contributed by atoms with E-state index in [0.29, 0.717) is 60.6 Å². The zero-order valence-corrected chi connectivity index (χ0v) is 22.6. The van der Waals surface area contributed by atoms with Crippen LogP contribution >= 0.6 is 0 Å². The molecule has 1 aromatic heterocycles. The average Bonchev–Trinajstić information content (AvgIpc) is 2.96. The number of nitrogens with one attached hydrogen (secondary N) is 1. The van der Waals surface area contributed by atoms with Crippen LogP contribution in [0.2, 0.25) is 0 Å². The monoisotopic (exact) mass is 523 g/mol. The van der Waals surface area contributed by atoms with Crippen molar-refractivity contribution >= 4 is 24.2 Å². The number of nitrogens with zero attached hydrogens (tertiary/aromatic N) is 4. The number of ketones is 1. The fourth-order valence-corrected chi connectivity index (χ4v) is 5.28. The molecule has 0 saturated carbocycles. The maximum Gasteiger partial charge on any atom is 0.253 e. The lowest BCUT2D eigenvalue weighted by Gasteiger charge is -2.44. The van der Waals surface area contributed by atoms with Crippen molar-refractivity contribution in [2.24, 2.45) is 10.1 Å². The van der Waals surface area contributed by atoms with Crippen LogP contribution in [0.3, 0.4) is 0 Å². The van der Waals surface area contributed by atoms with Crippen molar-refractivity contribution in [3.63, 3.8) is 0 Å². The maximum absolute atomic E-state index is 13.7. The number of carbonyl (C=O) groups is 2. The predicted octanol–water partition coefficient (Wildman–Crippen LogP) is 5.09. The number of piperidine rings is 1. The van der Waals surface area contributed by atoms with Crippen molar-refractivity contribution in [1.82, 2.24) is 15.3 Å². The van der Waals surface area contributed by atoms with Gasteiger partial charge in [-0.05, 0) is 48.0 Å². The third-order valence-electron chi connectivity index (χ3n) is 7.46. The van der Waals surface area contributed by atoms with Crippen LogP contribution in [0.5, 0.6) is 5.75 Å². The van der Waals surface area contributed by atoms with Gasteiger partial charge in [-0.15, -0.1) is 0 Å². The number of amides is 1. The van der Waals surface area contributed by atoms with Crippen LogP contribution in [0.1, 0.15) is 71.0 Å². The standard InChI is InChI=1S/C31H33N5O3/c1-20(2)26-17-25-27(37)18-31(39-28(25)19-34-26)10-12-36(13-11-31)30(38)24-15-22(21-8-6-5-7-9-21)14-23(16-24)29(32-3)35-33-4/h5-9,14-17,19-20,33H,3,10-13,18H2,1-2,4H3/b35-29-. The summed E-state index contributed by atoms with van der Waals surface area (Å²) in [6.45, 7) is 8.73. The summed E-state index contributed by atoms with van der Waals surface area (Å²) in [6.07, 6.45) is 3.13. The first-order chi connectivity index (χ1) is 18.8. The van der Waals surface area contributed by atoms with Crippen LogP contribution in [0.25, 0.3) is 11.1 Å². The highest BCUT2D eigenvalue weighted by atomic mass is 16.5. The molecule has 8 heteroatoms. The first kappa shape index (κ1) is 26.3. The van der Waals surface area contributed by atoms with Crippen molar-refractivity contribution in [3.05, 3.63) is 83.2 Å². The van der Waals surface area contributed by atoms with E-state index < -0.39 is 5.60 Å². The summed E-state index contributed by atoms with van der Waals surface area (Å²) in [5.41, 5.74) is 6.76. The summed E-state index contributed by atoms with van der Waals surface area (Å²) in [5.74, 6) is 1.18. The number of aliphatic imine (C=N–C) groups is 1. The van der Waals surface area contributed by atoms with E-state index in [1.807, 2.05) is 53.4 Å². The zero-order chi connectivity index (χ0) is 27.6. The fraction of sp³-hybridized carbons (Fsp3) is 0.323. The Balaban J connectivity index is 1.38. The summed E-state index contributed by atoms with van der Waals surface area (Å²) in [5, 5.41) is 4.22. The first-order valence-electron chi connectivity index (χ1n) is 13.3. The van der Waals surface area contributed by atoms with Crippen LogP contribution in [0, 0.1) is 0 Å². The van der Waals surface area contributed by atoms with Gasteiger partial charge in [-0.1, -0.05) is 44.2 Å². The van der Waals surface area contributed by atoms with E-state index in [4.69, 9.17) is 4.74 Å². The molecule has 0 bridgehead atoms. The van der Waals surface area contributed by atoms with E-state index in [9.17, 15) is 9.59 Å². The van der Waals surface area contributed by atoms with Crippen LogP contribution in [0.4, 0.5) is 0 Å². The molecule has 3 aromatic rings. The van der Waals surface area contributed by atoms with Crippen LogP contribution in [0.15, 0.2) is 70.9 Å². The van der Waals surface area contributed by atoms with E-state index in [1.54, 1.807) is 19.3 Å². The third-order valence-corrected chi connectivity index (χ3v) is 7.46. The van der Waals surface area contributed by atoms with Crippen molar-refractivity contribution in [2.45, 2.75) is 44.6 Å². The number of ether oxygens (including phenoxy) is 1. The first-order valence-corrected chi connectivity index (χ1v) is 13.3. The Kier molecular flexibility index (Phi) is 7.28. The van der Waals surface area contributed by atoms with Gasteiger partial charge >= 0.3 is 0 Å². The number of hydrogen-bond donors (Lipinski definition) is 1. The number of fused-ring (bicyclic) bond motifs is 1. The number of benzene rings is 2. The van der Waals surface area contributed by atoms with Gasteiger partial charge in [-0.25, -0.2) is 4.99 Å². The van der Waals surface area contributed by atoms with Gasteiger partial charge in [0.2, 0.25) is 0 Å². The van der Waals surface area contributed by atoms with E-state index in [-0.39, 0.29) is 17.6 Å². The lowest BCUT2D eigenvalue weighted by molar-refractivity contribution is -0.00600. The number of aromatic nitrogens is 1. The Labute approximate surface area is 228 Å². The van der Waals surface area contributed by atoms with Crippen LogP contribution in [-0.4, -0.2) is 59.9 Å². The van der Waals surface area contributed by atoms with Crippen LogP contribution in [-0.2, 0) is 0 Å². The largest absolute Gasteiger partial charge is 0.484 e. The molecule has 1 N–H and O–H groups in total. The third kappa shape index (κ3) is 5.32. The van der Waals surface area contributed by atoms with Crippen molar-refractivity contribution in [2.75, 3.05) is 20.1 Å².